The molecule has 0 bridgehead atoms. The van der Waals surface area contributed by atoms with Crippen LogP contribution in [-0.2, 0) is 0 Å². The Bertz CT molecular complexity index is 115. The van der Waals surface area contributed by atoms with Crippen molar-refractivity contribution in [1.82, 2.24) is 10.6 Å². The predicted octanol–water partition coefficient (Wildman–Crippen LogP) is 1.52. The number of hydrogen-bond acceptors (Lipinski definition) is 1. The Morgan fingerprint density at radius 1 is 1.36 bits per heavy atom. The molecule has 0 saturated heterocycles. The summed E-state index contributed by atoms with van der Waals surface area (Å²) in [7, 11) is 0. The van der Waals surface area contributed by atoms with Gasteiger partial charge in [0, 0.05) is 13.1 Å². The van der Waals surface area contributed by atoms with E-state index < -0.39 is 0 Å². The lowest BCUT2D eigenvalue weighted by molar-refractivity contribution is 0.546. The van der Waals surface area contributed by atoms with Gasteiger partial charge in [-0.25, -0.2) is 0 Å². The highest BCUT2D eigenvalue weighted by atomic mass is 32.1. The van der Waals surface area contributed by atoms with Gasteiger partial charge < -0.3 is 10.6 Å². The second-order valence-corrected chi connectivity index (χ2v) is 3.16. The molecule has 0 fully saturated rings. The van der Waals surface area contributed by atoms with Gasteiger partial charge in [-0.05, 0) is 25.1 Å². The molecule has 2 N–H and O–H groups in total. The minimum atomic E-state index is 0.701. The lowest BCUT2D eigenvalue weighted by Crippen LogP contribution is -2.37. The molecule has 0 rings (SSSR count). The van der Waals surface area contributed by atoms with E-state index in [0.29, 0.717) is 5.92 Å². The third-order valence-corrected chi connectivity index (χ3v) is 1.93. The molecule has 0 aliphatic rings. The van der Waals surface area contributed by atoms with Gasteiger partial charge in [0.05, 0.1) is 0 Å². The van der Waals surface area contributed by atoms with Crippen molar-refractivity contribution in [1.29, 1.82) is 0 Å². The Morgan fingerprint density at radius 3 is 2.45 bits per heavy atom. The molecule has 0 aliphatic carbocycles. The lowest BCUT2D eigenvalue weighted by Gasteiger charge is -2.12. The maximum Gasteiger partial charge on any atom is 0.166 e. The van der Waals surface area contributed by atoms with E-state index in [9.17, 15) is 0 Å². The Labute approximate surface area is 74.8 Å². The molecule has 0 spiro atoms. The largest absolute Gasteiger partial charge is 0.363 e. The van der Waals surface area contributed by atoms with Crippen LogP contribution in [0.1, 0.15) is 27.2 Å². The maximum atomic E-state index is 5.00. The highest BCUT2D eigenvalue weighted by Crippen LogP contribution is 1.96. The topological polar surface area (TPSA) is 24.1 Å². The Morgan fingerprint density at radius 2 is 2.00 bits per heavy atom. The molecule has 1 unspecified atom stereocenters. The van der Waals surface area contributed by atoms with Gasteiger partial charge in [-0.1, -0.05) is 20.3 Å². The molecule has 0 saturated carbocycles. The second-order valence-electron chi connectivity index (χ2n) is 2.75. The molecule has 0 aliphatic heterocycles. The van der Waals surface area contributed by atoms with Crippen LogP contribution in [0.4, 0.5) is 0 Å². The van der Waals surface area contributed by atoms with E-state index in [0.717, 1.165) is 18.2 Å². The number of thiocarbonyl (C=S) groups is 1. The Balaban J connectivity index is 3.30. The second kappa shape index (κ2) is 6.40. The van der Waals surface area contributed by atoms with E-state index in [2.05, 4.69) is 24.5 Å². The third-order valence-electron chi connectivity index (χ3n) is 1.65. The molecule has 0 aromatic rings. The standard InChI is InChI=1S/C8H18N2S/c1-4-7(3)6-10-8(11)9-5-2/h7H,4-6H2,1-3H3,(H2,9,10,11). The first-order valence-corrected chi connectivity index (χ1v) is 4.63. The molecule has 2 nitrogen and oxygen atoms in total. The fraction of sp³-hybridized carbons (Fsp3) is 0.875. The number of hydrogen-bond donors (Lipinski definition) is 2. The summed E-state index contributed by atoms with van der Waals surface area (Å²) in [6.07, 6.45) is 1.20. The first-order valence-electron chi connectivity index (χ1n) is 4.22. The normalized spacial score (nSPS) is 12.3. The first kappa shape index (κ1) is 10.7. The summed E-state index contributed by atoms with van der Waals surface area (Å²) in [5.74, 6) is 0.701. The summed E-state index contributed by atoms with van der Waals surface area (Å²) < 4.78 is 0. The zero-order valence-corrected chi connectivity index (χ0v) is 8.42. The molecule has 66 valence electrons. The van der Waals surface area contributed by atoms with Crippen LogP contribution in [0.5, 0.6) is 0 Å². The van der Waals surface area contributed by atoms with Crippen molar-refractivity contribution >= 4 is 17.3 Å². The van der Waals surface area contributed by atoms with Gasteiger partial charge in [0.25, 0.3) is 0 Å². The summed E-state index contributed by atoms with van der Waals surface area (Å²) in [4.78, 5) is 0. The minimum Gasteiger partial charge on any atom is -0.363 e. The van der Waals surface area contributed by atoms with Crippen molar-refractivity contribution in [3.63, 3.8) is 0 Å². The highest BCUT2D eigenvalue weighted by Gasteiger charge is 1.98. The quantitative estimate of drug-likeness (QED) is 0.632. The van der Waals surface area contributed by atoms with Crippen LogP contribution in [0.2, 0.25) is 0 Å². The van der Waals surface area contributed by atoms with Crippen LogP contribution in [0.15, 0.2) is 0 Å². The van der Waals surface area contributed by atoms with Crippen LogP contribution < -0.4 is 10.6 Å². The highest BCUT2D eigenvalue weighted by molar-refractivity contribution is 7.80. The van der Waals surface area contributed by atoms with Crippen molar-refractivity contribution in [2.75, 3.05) is 13.1 Å². The molecular weight excluding hydrogens is 156 g/mol. The summed E-state index contributed by atoms with van der Waals surface area (Å²) in [5.41, 5.74) is 0. The van der Waals surface area contributed by atoms with Crippen molar-refractivity contribution in [2.45, 2.75) is 27.2 Å². The average molecular weight is 174 g/mol. The number of rotatable bonds is 4. The van der Waals surface area contributed by atoms with Crippen molar-refractivity contribution < 1.29 is 0 Å². The molecule has 1 atom stereocenters. The molecule has 0 heterocycles. The number of nitrogens with one attached hydrogen (secondary N) is 2. The zero-order valence-electron chi connectivity index (χ0n) is 7.61. The van der Waals surface area contributed by atoms with Gasteiger partial charge in [-0.3, -0.25) is 0 Å². The molecular formula is C8H18N2S. The minimum absolute atomic E-state index is 0.701. The van der Waals surface area contributed by atoms with Crippen LogP contribution in [0.3, 0.4) is 0 Å². The van der Waals surface area contributed by atoms with E-state index in [1.54, 1.807) is 0 Å². The maximum absolute atomic E-state index is 5.00. The van der Waals surface area contributed by atoms with E-state index >= 15 is 0 Å². The van der Waals surface area contributed by atoms with E-state index in [-0.39, 0.29) is 0 Å². The molecule has 0 amide bonds. The molecule has 3 heteroatoms. The van der Waals surface area contributed by atoms with Gasteiger partial charge in [0.2, 0.25) is 0 Å². The van der Waals surface area contributed by atoms with Gasteiger partial charge in [0.1, 0.15) is 0 Å². The van der Waals surface area contributed by atoms with Gasteiger partial charge in [-0.15, -0.1) is 0 Å². The van der Waals surface area contributed by atoms with Crippen LogP contribution in [0, 0.1) is 5.92 Å². The molecule has 0 radical (unpaired) electrons. The first-order chi connectivity index (χ1) is 5.20. The van der Waals surface area contributed by atoms with Crippen molar-refractivity contribution in [3.8, 4) is 0 Å². The lowest BCUT2D eigenvalue weighted by atomic mass is 10.1. The molecule has 0 aromatic carbocycles. The predicted molar refractivity (Wildman–Crippen MR) is 53.7 cm³/mol. The Kier molecular flexibility index (Phi) is 6.22. The van der Waals surface area contributed by atoms with Crippen molar-refractivity contribution in [3.05, 3.63) is 0 Å². The molecule has 0 aromatic heterocycles. The molecule has 11 heavy (non-hydrogen) atoms. The third kappa shape index (κ3) is 6.10. The summed E-state index contributed by atoms with van der Waals surface area (Å²) >= 11 is 5.00. The smallest absolute Gasteiger partial charge is 0.166 e. The van der Waals surface area contributed by atoms with Crippen LogP contribution >= 0.6 is 12.2 Å². The fourth-order valence-electron chi connectivity index (χ4n) is 0.634. The van der Waals surface area contributed by atoms with Gasteiger partial charge in [0.15, 0.2) is 5.11 Å². The summed E-state index contributed by atoms with van der Waals surface area (Å²) in [6.45, 7) is 8.30. The van der Waals surface area contributed by atoms with E-state index in [4.69, 9.17) is 12.2 Å². The van der Waals surface area contributed by atoms with E-state index in [1.807, 2.05) is 6.92 Å². The average Bonchev–Trinajstić information content (AvgIpc) is 2.01. The van der Waals surface area contributed by atoms with Crippen LogP contribution in [-0.4, -0.2) is 18.2 Å². The summed E-state index contributed by atoms with van der Waals surface area (Å²) in [5, 5.41) is 6.97. The SMILES string of the molecule is CCNC(=S)NCC(C)CC. The van der Waals surface area contributed by atoms with Crippen LogP contribution in [0.25, 0.3) is 0 Å². The van der Waals surface area contributed by atoms with E-state index in [1.165, 1.54) is 6.42 Å². The summed E-state index contributed by atoms with van der Waals surface area (Å²) in [6, 6.07) is 0. The van der Waals surface area contributed by atoms with Gasteiger partial charge >= 0.3 is 0 Å². The van der Waals surface area contributed by atoms with Crippen molar-refractivity contribution in [2.24, 2.45) is 5.92 Å². The fourth-order valence-corrected chi connectivity index (χ4v) is 0.862. The van der Waals surface area contributed by atoms with Gasteiger partial charge in [-0.2, -0.15) is 0 Å². The Hall–Kier alpha value is -0.310. The monoisotopic (exact) mass is 174 g/mol. The zero-order chi connectivity index (χ0) is 8.69.